The molecule has 0 saturated heterocycles. The number of rotatable bonds is 5. The highest BCUT2D eigenvalue weighted by molar-refractivity contribution is 7.10. The molecule has 7 heteroatoms. The Labute approximate surface area is 208 Å². The quantitative estimate of drug-likeness (QED) is 0.502. The number of thiophene rings is 1. The average Bonchev–Trinajstić information content (AvgIpc) is 3.38. The molecule has 2 N–H and O–H groups in total. The minimum Gasteiger partial charge on any atom is -0.497 e. The van der Waals surface area contributed by atoms with Crippen LogP contribution in [-0.4, -0.2) is 23.8 Å². The van der Waals surface area contributed by atoms with Crippen molar-refractivity contribution in [1.82, 2.24) is 10.3 Å². The Bertz CT molecular complexity index is 1340. The number of aryl methyl sites for hydroxylation is 1. The molecule has 0 spiro atoms. The average molecular weight is 486 g/mol. The van der Waals surface area contributed by atoms with Gasteiger partial charge in [-0.05, 0) is 67.5 Å². The molecule has 5 rings (SSSR count). The Morgan fingerprint density at radius 2 is 1.89 bits per heavy atom. The van der Waals surface area contributed by atoms with E-state index in [1.807, 2.05) is 67.8 Å². The fraction of sp³-hybridized carbons (Fsp3) is 0.250. The second-order valence-corrected chi connectivity index (χ2v) is 9.90. The van der Waals surface area contributed by atoms with Crippen LogP contribution in [0.5, 0.6) is 5.75 Å². The summed E-state index contributed by atoms with van der Waals surface area (Å²) in [5, 5.41) is 8.35. The molecular weight excluding hydrogens is 458 g/mol. The number of carbonyl (C=O) groups excluding carboxylic acids is 2. The van der Waals surface area contributed by atoms with Crippen LogP contribution in [0.25, 0.3) is 0 Å². The van der Waals surface area contributed by atoms with E-state index >= 15 is 0 Å². The molecule has 0 fully saturated rings. The first kappa shape index (κ1) is 23.1. The summed E-state index contributed by atoms with van der Waals surface area (Å²) in [5.41, 5.74) is 4.85. The number of hydrogen-bond donors (Lipinski definition) is 2. The van der Waals surface area contributed by atoms with Crippen LogP contribution in [0.4, 0.5) is 5.82 Å². The zero-order chi connectivity index (χ0) is 24.5. The second-order valence-electron chi connectivity index (χ2n) is 8.92. The van der Waals surface area contributed by atoms with E-state index in [1.165, 1.54) is 0 Å². The first-order valence-corrected chi connectivity index (χ1v) is 12.5. The number of nitrogens with one attached hydrogen (secondary N) is 2. The number of amides is 1. The SMILES string of the molecule is COc1ccc([C@H]2CC(=O)C3=C(C2)NC(C)=C(C(=O)Nc2cccc(C)n2)[C@@H]3c2cccs2)cc1. The number of aromatic nitrogens is 1. The standard InChI is InChI=1S/C28H27N3O3S/c1-16-6-4-8-24(29-16)31-28(33)25-17(2)30-21-14-19(18-9-11-20(34-3)12-10-18)15-22(32)26(21)27(25)23-7-5-13-35-23/h4-13,19,27,30H,14-15H2,1-3H3,(H,29,31,33)/t19-,27+/m1/s1. The van der Waals surface area contributed by atoms with Crippen molar-refractivity contribution in [2.45, 2.75) is 38.5 Å². The van der Waals surface area contributed by atoms with E-state index in [9.17, 15) is 9.59 Å². The summed E-state index contributed by atoms with van der Waals surface area (Å²) in [5.74, 6) is 0.785. The summed E-state index contributed by atoms with van der Waals surface area (Å²) in [6.45, 7) is 3.79. The van der Waals surface area contributed by atoms with E-state index in [0.29, 0.717) is 29.8 Å². The second kappa shape index (κ2) is 9.50. The van der Waals surface area contributed by atoms with Gasteiger partial charge in [-0.1, -0.05) is 24.3 Å². The number of ether oxygens (including phenoxy) is 1. The van der Waals surface area contributed by atoms with E-state index < -0.39 is 5.92 Å². The molecule has 1 aliphatic heterocycles. The first-order chi connectivity index (χ1) is 16.9. The van der Waals surface area contributed by atoms with Crippen molar-refractivity contribution in [1.29, 1.82) is 0 Å². The number of Topliss-reactive ketones (excluding diaryl/α,β-unsaturated/α-hetero) is 1. The summed E-state index contributed by atoms with van der Waals surface area (Å²) in [7, 11) is 1.64. The number of methoxy groups -OCH3 is 1. The van der Waals surface area contributed by atoms with Gasteiger partial charge in [-0.25, -0.2) is 4.98 Å². The maximum Gasteiger partial charge on any atom is 0.255 e. The third-order valence-electron chi connectivity index (χ3n) is 6.62. The van der Waals surface area contributed by atoms with E-state index in [4.69, 9.17) is 4.74 Å². The van der Waals surface area contributed by atoms with E-state index in [2.05, 4.69) is 15.6 Å². The maximum absolute atomic E-state index is 13.6. The van der Waals surface area contributed by atoms with Gasteiger partial charge in [-0.2, -0.15) is 0 Å². The van der Waals surface area contributed by atoms with Crippen LogP contribution in [0.3, 0.4) is 0 Å². The highest BCUT2D eigenvalue weighted by Crippen LogP contribution is 2.46. The summed E-state index contributed by atoms with van der Waals surface area (Å²) >= 11 is 1.56. The first-order valence-electron chi connectivity index (χ1n) is 11.6. The molecule has 0 saturated carbocycles. The van der Waals surface area contributed by atoms with Crippen LogP contribution in [-0.2, 0) is 9.59 Å². The van der Waals surface area contributed by atoms with Gasteiger partial charge in [0.25, 0.3) is 5.91 Å². The molecule has 0 radical (unpaired) electrons. The number of nitrogens with zero attached hydrogens (tertiary/aromatic N) is 1. The Balaban J connectivity index is 1.50. The van der Waals surface area contributed by atoms with Crippen molar-refractivity contribution in [3.63, 3.8) is 0 Å². The number of anilines is 1. The number of pyridine rings is 1. The number of benzene rings is 1. The Morgan fingerprint density at radius 3 is 2.57 bits per heavy atom. The summed E-state index contributed by atoms with van der Waals surface area (Å²) in [4.78, 5) is 32.6. The molecule has 35 heavy (non-hydrogen) atoms. The van der Waals surface area contributed by atoms with Crippen LogP contribution in [0, 0.1) is 6.92 Å². The van der Waals surface area contributed by atoms with Gasteiger partial charge in [-0.3, -0.25) is 9.59 Å². The summed E-state index contributed by atoms with van der Waals surface area (Å²) in [6.07, 6.45) is 1.11. The van der Waals surface area contributed by atoms with Gasteiger partial charge in [0, 0.05) is 39.5 Å². The van der Waals surface area contributed by atoms with Gasteiger partial charge < -0.3 is 15.4 Å². The Morgan fingerprint density at radius 1 is 1.09 bits per heavy atom. The minimum atomic E-state index is -0.402. The fourth-order valence-corrected chi connectivity index (χ4v) is 5.83. The highest BCUT2D eigenvalue weighted by Gasteiger charge is 2.41. The van der Waals surface area contributed by atoms with E-state index in [0.717, 1.165) is 33.3 Å². The lowest BCUT2D eigenvalue weighted by Gasteiger charge is -2.36. The molecule has 2 atom stereocenters. The van der Waals surface area contributed by atoms with Crippen LogP contribution < -0.4 is 15.4 Å². The van der Waals surface area contributed by atoms with Crippen molar-refractivity contribution >= 4 is 28.8 Å². The fourth-order valence-electron chi connectivity index (χ4n) is 4.99. The molecule has 2 aromatic heterocycles. The summed E-state index contributed by atoms with van der Waals surface area (Å²) < 4.78 is 5.28. The van der Waals surface area contributed by atoms with Crippen LogP contribution >= 0.6 is 11.3 Å². The summed E-state index contributed by atoms with van der Waals surface area (Å²) in [6, 6.07) is 17.4. The van der Waals surface area contributed by atoms with Crippen LogP contribution in [0.2, 0.25) is 0 Å². The van der Waals surface area contributed by atoms with Crippen LogP contribution in [0.15, 0.2) is 82.5 Å². The van der Waals surface area contributed by atoms with Crippen molar-refractivity contribution in [3.8, 4) is 5.75 Å². The molecule has 1 aromatic carbocycles. The molecule has 1 aliphatic carbocycles. The monoisotopic (exact) mass is 485 g/mol. The number of hydrogen-bond acceptors (Lipinski definition) is 6. The zero-order valence-corrected chi connectivity index (χ0v) is 20.7. The molecule has 178 valence electrons. The van der Waals surface area contributed by atoms with Gasteiger partial charge in [0.15, 0.2) is 5.78 Å². The van der Waals surface area contributed by atoms with Gasteiger partial charge in [0.05, 0.1) is 13.0 Å². The molecular formula is C28H27N3O3S. The lowest BCUT2D eigenvalue weighted by Crippen LogP contribution is -2.36. The van der Waals surface area contributed by atoms with Gasteiger partial charge >= 0.3 is 0 Å². The predicted octanol–water partition coefficient (Wildman–Crippen LogP) is 5.46. The van der Waals surface area contributed by atoms with Gasteiger partial charge in [-0.15, -0.1) is 11.3 Å². The van der Waals surface area contributed by atoms with Gasteiger partial charge in [0.1, 0.15) is 11.6 Å². The zero-order valence-electron chi connectivity index (χ0n) is 19.9. The minimum absolute atomic E-state index is 0.0725. The molecule has 1 amide bonds. The van der Waals surface area contributed by atoms with Crippen molar-refractivity contribution in [3.05, 3.63) is 98.7 Å². The topological polar surface area (TPSA) is 80.3 Å². The Kier molecular flexibility index (Phi) is 6.26. The third kappa shape index (κ3) is 4.51. The van der Waals surface area contributed by atoms with Crippen molar-refractivity contribution in [2.75, 3.05) is 12.4 Å². The maximum atomic E-state index is 13.6. The van der Waals surface area contributed by atoms with E-state index in [1.54, 1.807) is 24.5 Å². The van der Waals surface area contributed by atoms with Crippen molar-refractivity contribution in [2.24, 2.45) is 0 Å². The molecule has 0 bridgehead atoms. The predicted molar refractivity (Wildman–Crippen MR) is 138 cm³/mol. The Hall–Kier alpha value is -3.71. The van der Waals surface area contributed by atoms with Crippen molar-refractivity contribution < 1.29 is 14.3 Å². The number of ketones is 1. The van der Waals surface area contributed by atoms with Gasteiger partial charge in [0.2, 0.25) is 0 Å². The number of carbonyl (C=O) groups is 2. The smallest absolute Gasteiger partial charge is 0.255 e. The molecule has 6 nitrogen and oxygen atoms in total. The number of dihydropyridines is 1. The van der Waals surface area contributed by atoms with Crippen LogP contribution in [0.1, 0.15) is 47.7 Å². The highest BCUT2D eigenvalue weighted by atomic mass is 32.1. The third-order valence-corrected chi connectivity index (χ3v) is 7.55. The normalized spacial score (nSPS) is 19.8. The lowest BCUT2D eigenvalue weighted by atomic mass is 9.73. The largest absolute Gasteiger partial charge is 0.497 e. The molecule has 3 heterocycles. The van der Waals surface area contributed by atoms with E-state index in [-0.39, 0.29) is 17.6 Å². The lowest BCUT2D eigenvalue weighted by molar-refractivity contribution is -0.116. The molecule has 0 unspecified atom stereocenters. The number of allylic oxidation sites excluding steroid dienone is 3. The molecule has 2 aliphatic rings. The molecule has 3 aromatic rings.